The molecule has 4 rings (SSSR count). The number of aromatic nitrogens is 2. The van der Waals surface area contributed by atoms with Crippen molar-refractivity contribution in [2.75, 3.05) is 7.05 Å². The molecule has 4 aromatic rings. The minimum Gasteiger partial charge on any atom is -0.478 e. The average molecular weight is 421 g/mol. The second-order valence-electron chi connectivity index (χ2n) is 7.01. The van der Waals surface area contributed by atoms with Gasteiger partial charge in [0.2, 0.25) is 0 Å². The number of hydrogen-bond acceptors (Lipinski definition) is 3. The lowest BCUT2D eigenvalue weighted by molar-refractivity contribution is 0.0696. The molecule has 2 aromatic carbocycles. The summed E-state index contributed by atoms with van der Waals surface area (Å²) in [7, 11) is 1.46. The van der Waals surface area contributed by atoms with Crippen molar-refractivity contribution in [1.29, 1.82) is 0 Å². The summed E-state index contributed by atoms with van der Waals surface area (Å²) in [6, 6.07) is 11.4. The quantitative estimate of drug-likeness (QED) is 0.514. The van der Waals surface area contributed by atoms with Crippen LogP contribution in [0.15, 0.2) is 54.7 Å². The molecule has 8 heteroatoms. The smallest absolute Gasteiger partial charge is 0.335 e. The van der Waals surface area contributed by atoms with Gasteiger partial charge in [-0.15, -0.1) is 0 Å². The molecular weight excluding hydrogens is 404 g/mol. The number of rotatable bonds is 4. The number of carboxylic acid groups (broad SMARTS) is 1. The number of pyridine rings is 1. The van der Waals surface area contributed by atoms with Crippen LogP contribution in [0.2, 0.25) is 0 Å². The Morgan fingerprint density at radius 3 is 2.39 bits per heavy atom. The van der Waals surface area contributed by atoms with E-state index >= 15 is 4.39 Å². The number of aromatic carboxylic acids is 1. The summed E-state index contributed by atoms with van der Waals surface area (Å²) < 4.78 is 29.6. The number of carbonyl (C=O) groups excluding carboxylic acids is 1. The molecule has 1 amide bonds. The number of carboxylic acids is 1. The average Bonchev–Trinajstić information content (AvgIpc) is 3.11. The zero-order valence-electron chi connectivity index (χ0n) is 16.6. The van der Waals surface area contributed by atoms with Crippen molar-refractivity contribution in [3.8, 4) is 22.4 Å². The summed E-state index contributed by atoms with van der Waals surface area (Å²) in [6.07, 6.45) is 1.14. The van der Waals surface area contributed by atoms with E-state index in [1.54, 1.807) is 13.0 Å². The van der Waals surface area contributed by atoms with Crippen molar-refractivity contribution in [3.63, 3.8) is 0 Å². The third-order valence-electron chi connectivity index (χ3n) is 5.07. The maximum atomic E-state index is 15.0. The highest BCUT2D eigenvalue weighted by atomic mass is 19.1. The number of hydrogen-bond donors (Lipinski definition) is 2. The Kier molecular flexibility index (Phi) is 4.98. The molecule has 0 bridgehead atoms. The molecule has 2 aromatic heterocycles. The minimum atomic E-state index is -1.13. The Morgan fingerprint density at radius 1 is 1.03 bits per heavy atom. The molecule has 2 heterocycles. The number of nitrogens with zero attached hydrogens (tertiary/aromatic N) is 2. The largest absolute Gasteiger partial charge is 0.478 e. The van der Waals surface area contributed by atoms with Gasteiger partial charge in [0.25, 0.3) is 5.91 Å². The summed E-state index contributed by atoms with van der Waals surface area (Å²) in [5.41, 5.74) is 2.52. The molecule has 0 aliphatic heterocycles. The van der Waals surface area contributed by atoms with Crippen LogP contribution < -0.4 is 5.32 Å². The van der Waals surface area contributed by atoms with Crippen LogP contribution in [-0.4, -0.2) is 33.6 Å². The summed E-state index contributed by atoms with van der Waals surface area (Å²) in [5, 5.41) is 16.2. The first-order valence-electron chi connectivity index (χ1n) is 9.34. The van der Waals surface area contributed by atoms with Crippen molar-refractivity contribution >= 4 is 17.4 Å². The molecule has 31 heavy (non-hydrogen) atoms. The van der Waals surface area contributed by atoms with E-state index in [0.29, 0.717) is 22.2 Å². The fraction of sp³-hybridized carbons (Fsp3) is 0.0870. The normalized spacial score (nSPS) is 11.0. The SMILES string of the molecule is CNC(=O)c1c(-c2ccc(F)cc2)nn2cc(F)c(-c3cc(C(=O)O)ccc3C)cc12. The number of halogens is 2. The van der Waals surface area contributed by atoms with Crippen molar-refractivity contribution in [3.05, 3.63) is 83.1 Å². The minimum absolute atomic E-state index is 0.0203. The Labute approximate surface area is 175 Å². The van der Waals surface area contributed by atoms with Crippen LogP contribution in [-0.2, 0) is 0 Å². The zero-order valence-corrected chi connectivity index (χ0v) is 16.6. The second-order valence-corrected chi connectivity index (χ2v) is 7.01. The van der Waals surface area contributed by atoms with E-state index in [-0.39, 0.29) is 22.4 Å². The van der Waals surface area contributed by atoms with E-state index in [4.69, 9.17) is 0 Å². The first kappa shape index (κ1) is 20.2. The molecule has 0 radical (unpaired) electrons. The lowest BCUT2D eigenvalue weighted by atomic mass is 9.97. The molecule has 0 aliphatic rings. The van der Waals surface area contributed by atoms with Gasteiger partial charge in [-0.25, -0.2) is 18.1 Å². The van der Waals surface area contributed by atoms with Gasteiger partial charge in [0.15, 0.2) is 0 Å². The summed E-state index contributed by atoms with van der Waals surface area (Å²) in [4.78, 5) is 24.1. The number of benzene rings is 2. The zero-order chi connectivity index (χ0) is 22.3. The van der Waals surface area contributed by atoms with Crippen LogP contribution in [0.3, 0.4) is 0 Å². The fourth-order valence-corrected chi connectivity index (χ4v) is 3.48. The van der Waals surface area contributed by atoms with Crippen LogP contribution in [0.1, 0.15) is 26.3 Å². The van der Waals surface area contributed by atoms with Gasteiger partial charge in [-0.1, -0.05) is 6.07 Å². The van der Waals surface area contributed by atoms with Crippen molar-refractivity contribution in [1.82, 2.24) is 14.9 Å². The number of nitrogens with one attached hydrogen (secondary N) is 1. The molecule has 0 spiro atoms. The Balaban J connectivity index is 2.00. The third kappa shape index (κ3) is 3.52. The van der Waals surface area contributed by atoms with E-state index in [0.717, 1.165) is 6.20 Å². The van der Waals surface area contributed by atoms with Gasteiger partial charge in [0.05, 0.1) is 22.8 Å². The molecule has 156 valence electrons. The topological polar surface area (TPSA) is 83.7 Å². The molecule has 2 N–H and O–H groups in total. The molecule has 0 saturated heterocycles. The summed E-state index contributed by atoms with van der Waals surface area (Å²) >= 11 is 0. The number of carbonyl (C=O) groups is 2. The standard InChI is InChI=1S/C23H17F2N3O3/c1-12-3-4-14(23(30)31)9-16(12)17-10-19-20(22(29)26-2)21(27-28(19)11-18(17)25)13-5-7-15(24)8-6-13/h3-11H,1-2H3,(H,26,29)(H,30,31). The third-order valence-corrected chi connectivity index (χ3v) is 5.07. The number of amides is 1. The van der Waals surface area contributed by atoms with E-state index in [2.05, 4.69) is 10.4 Å². The molecule has 0 atom stereocenters. The van der Waals surface area contributed by atoms with Gasteiger partial charge >= 0.3 is 5.97 Å². The van der Waals surface area contributed by atoms with E-state index in [1.807, 2.05) is 0 Å². The van der Waals surface area contributed by atoms with Gasteiger partial charge in [-0.05, 0) is 60.5 Å². The highest BCUT2D eigenvalue weighted by molar-refractivity contribution is 6.06. The Bertz CT molecular complexity index is 1340. The van der Waals surface area contributed by atoms with Crippen LogP contribution in [0.4, 0.5) is 8.78 Å². The maximum Gasteiger partial charge on any atom is 0.335 e. The van der Waals surface area contributed by atoms with Crippen molar-refractivity contribution in [2.45, 2.75) is 6.92 Å². The van der Waals surface area contributed by atoms with Gasteiger partial charge in [0, 0.05) is 18.2 Å². The highest BCUT2D eigenvalue weighted by Crippen LogP contribution is 2.32. The predicted octanol–water partition coefficient (Wildman–Crippen LogP) is 4.31. The van der Waals surface area contributed by atoms with Crippen molar-refractivity contribution < 1.29 is 23.5 Å². The molecule has 0 unspecified atom stereocenters. The van der Waals surface area contributed by atoms with Gasteiger partial charge in [0.1, 0.15) is 17.3 Å². The fourth-order valence-electron chi connectivity index (χ4n) is 3.48. The predicted molar refractivity (Wildman–Crippen MR) is 111 cm³/mol. The van der Waals surface area contributed by atoms with E-state index in [1.165, 1.54) is 54.0 Å². The lowest BCUT2D eigenvalue weighted by Gasteiger charge is -2.10. The molecule has 0 fully saturated rings. The number of aryl methyl sites for hydroxylation is 1. The van der Waals surface area contributed by atoms with E-state index < -0.39 is 23.5 Å². The molecule has 0 saturated carbocycles. The van der Waals surface area contributed by atoms with Crippen LogP contribution in [0, 0.1) is 18.6 Å². The van der Waals surface area contributed by atoms with E-state index in [9.17, 15) is 19.1 Å². The van der Waals surface area contributed by atoms with Gasteiger partial charge in [-0.3, -0.25) is 4.79 Å². The van der Waals surface area contributed by atoms with Crippen LogP contribution >= 0.6 is 0 Å². The second kappa shape index (κ2) is 7.64. The Morgan fingerprint density at radius 2 is 1.74 bits per heavy atom. The first-order chi connectivity index (χ1) is 14.8. The first-order valence-corrected chi connectivity index (χ1v) is 9.34. The number of fused-ring (bicyclic) bond motifs is 1. The summed E-state index contributed by atoms with van der Waals surface area (Å²) in [5.74, 6) is -2.63. The summed E-state index contributed by atoms with van der Waals surface area (Å²) in [6.45, 7) is 1.74. The van der Waals surface area contributed by atoms with Crippen molar-refractivity contribution in [2.24, 2.45) is 0 Å². The van der Waals surface area contributed by atoms with Gasteiger partial charge < -0.3 is 10.4 Å². The highest BCUT2D eigenvalue weighted by Gasteiger charge is 2.23. The van der Waals surface area contributed by atoms with Gasteiger partial charge in [-0.2, -0.15) is 5.10 Å². The Hall–Kier alpha value is -4.07. The van der Waals surface area contributed by atoms with Crippen LogP contribution in [0.25, 0.3) is 27.9 Å². The maximum absolute atomic E-state index is 15.0. The molecule has 0 aliphatic carbocycles. The monoisotopic (exact) mass is 421 g/mol. The molecule has 6 nitrogen and oxygen atoms in total. The lowest BCUT2D eigenvalue weighted by Crippen LogP contribution is -2.18. The van der Waals surface area contributed by atoms with Crippen LogP contribution in [0.5, 0.6) is 0 Å². The molecular formula is C23H17F2N3O3.